The zero-order valence-electron chi connectivity index (χ0n) is 8.33. The molecule has 1 aromatic rings. The predicted molar refractivity (Wildman–Crippen MR) is 66.6 cm³/mol. The molecule has 0 atom stereocenters. The Kier molecular flexibility index (Phi) is 5.75. The maximum atomic E-state index is 5.60. The third kappa shape index (κ3) is 3.74. The molecule has 0 bridgehead atoms. The Hall–Kier alpha value is -0.450. The Balaban J connectivity index is 2.41. The highest BCUT2D eigenvalue weighted by molar-refractivity contribution is 14.1. The van der Waals surface area contributed by atoms with Gasteiger partial charge in [0.25, 0.3) is 0 Å². The number of halogens is 1. The lowest BCUT2D eigenvalue weighted by Crippen LogP contribution is -1.99. The van der Waals surface area contributed by atoms with Crippen LogP contribution in [0.5, 0.6) is 11.5 Å². The lowest BCUT2D eigenvalue weighted by molar-refractivity contribution is 0.289. The van der Waals surface area contributed by atoms with Crippen molar-refractivity contribution in [2.24, 2.45) is 0 Å². The average molecular weight is 306 g/mol. The molecule has 0 aromatic heterocycles. The van der Waals surface area contributed by atoms with Gasteiger partial charge in [-0.3, -0.25) is 0 Å². The molecule has 0 aliphatic heterocycles. The van der Waals surface area contributed by atoms with Crippen molar-refractivity contribution in [2.75, 3.05) is 18.1 Å². The minimum atomic E-state index is 0.767. The summed E-state index contributed by atoms with van der Waals surface area (Å²) < 4.78 is 12.0. The number of para-hydroxylation sites is 2. The summed E-state index contributed by atoms with van der Waals surface area (Å²) in [6, 6.07) is 7.74. The van der Waals surface area contributed by atoms with Crippen molar-refractivity contribution in [3.8, 4) is 11.5 Å². The normalized spacial score (nSPS) is 9.86. The second-order valence-electron chi connectivity index (χ2n) is 2.90. The SMILES string of the molecule is COc1ccccc1OCCCCI. The second-order valence-corrected chi connectivity index (χ2v) is 3.97. The largest absolute Gasteiger partial charge is 0.493 e. The lowest BCUT2D eigenvalue weighted by atomic mass is 10.3. The molecule has 0 unspecified atom stereocenters. The van der Waals surface area contributed by atoms with Crippen LogP contribution in [0.3, 0.4) is 0 Å². The Morgan fingerprint density at radius 1 is 1.14 bits per heavy atom. The highest BCUT2D eigenvalue weighted by Crippen LogP contribution is 2.25. The van der Waals surface area contributed by atoms with E-state index in [0.717, 1.165) is 24.5 Å². The van der Waals surface area contributed by atoms with E-state index in [2.05, 4.69) is 22.6 Å². The summed E-state index contributed by atoms with van der Waals surface area (Å²) in [5, 5.41) is 0. The molecule has 78 valence electrons. The van der Waals surface area contributed by atoms with Gasteiger partial charge in [-0.05, 0) is 29.4 Å². The third-order valence-corrected chi connectivity index (χ3v) is 2.62. The number of ether oxygens (including phenoxy) is 2. The van der Waals surface area contributed by atoms with Crippen molar-refractivity contribution in [3.05, 3.63) is 24.3 Å². The first-order valence-corrected chi connectivity index (χ1v) is 6.23. The summed E-state index contributed by atoms with van der Waals surface area (Å²) in [7, 11) is 1.66. The molecule has 0 fully saturated rings. The van der Waals surface area contributed by atoms with Crippen molar-refractivity contribution in [2.45, 2.75) is 12.8 Å². The number of benzene rings is 1. The molecule has 0 saturated carbocycles. The van der Waals surface area contributed by atoms with E-state index in [4.69, 9.17) is 9.47 Å². The first-order valence-electron chi connectivity index (χ1n) is 4.70. The predicted octanol–water partition coefficient (Wildman–Crippen LogP) is 3.29. The third-order valence-electron chi connectivity index (χ3n) is 1.85. The number of unbranched alkanes of at least 4 members (excludes halogenated alkanes) is 1. The van der Waals surface area contributed by atoms with E-state index in [-0.39, 0.29) is 0 Å². The minimum absolute atomic E-state index is 0.767. The van der Waals surface area contributed by atoms with Crippen LogP contribution >= 0.6 is 22.6 Å². The molecular formula is C11H15IO2. The van der Waals surface area contributed by atoms with Gasteiger partial charge in [-0.15, -0.1) is 0 Å². The van der Waals surface area contributed by atoms with Crippen LogP contribution in [0, 0.1) is 0 Å². The zero-order valence-corrected chi connectivity index (χ0v) is 10.5. The molecule has 0 amide bonds. The molecular weight excluding hydrogens is 291 g/mol. The molecule has 2 nitrogen and oxygen atoms in total. The van der Waals surface area contributed by atoms with E-state index < -0.39 is 0 Å². The van der Waals surface area contributed by atoms with Crippen molar-refractivity contribution >= 4 is 22.6 Å². The van der Waals surface area contributed by atoms with Gasteiger partial charge in [-0.1, -0.05) is 34.7 Å². The van der Waals surface area contributed by atoms with Crippen LogP contribution in [-0.4, -0.2) is 18.1 Å². The minimum Gasteiger partial charge on any atom is -0.493 e. The molecule has 0 aliphatic rings. The van der Waals surface area contributed by atoms with E-state index in [9.17, 15) is 0 Å². The smallest absolute Gasteiger partial charge is 0.161 e. The molecule has 0 radical (unpaired) electrons. The van der Waals surface area contributed by atoms with E-state index >= 15 is 0 Å². The summed E-state index contributed by atoms with van der Waals surface area (Å²) in [5.41, 5.74) is 0. The molecule has 1 rings (SSSR count). The van der Waals surface area contributed by atoms with Gasteiger partial charge in [0.15, 0.2) is 11.5 Å². The average Bonchev–Trinajstić information content (AvgIpc) is 2.25. The van der Waals surface area contributed by atoms with Crippen molar-refractivity contribution in [3.63, 3.8) is 0 Å². The van der Waals surface area contributed by atoms with Crippen LogP contribution in [0.4, 0.5) is 0 Å². The van der Waals surface area contributed by atoms with Gasteiger partial charge in [0.2, 0.25) is 0 Å². The maximum absolute atomic E-state index is 5.60. The maximum Gasteiger partial charge on any atom is 0.161 e. The molecule has 0 N–H and O–H groups in total. The zero-order chi connectivity index (χ0) is 10.2. The Labute approximate surface area is 98.7 Å². The fourth-order valence-electron chi connectivity index (χ4n) is 1.12. The van der Waals surface area contributed by atoms with Gasteiger partial charge in [0.05, 0.1) is 13.7 Å². The number of hydrogen-bond donors (Lipinski definition) is 0. The van der Waals surface area contributed by atoms with E-state index in [1.807, 2.05) is 24.3 Å². The fraction of sp³-hybridized carbons (Fsp3) is 0.455. The van der Waals surface area contributed by atoms with Crippen LogP contribution in [-0.2, 0) is 0 Å². The monoisotopic (exact) mass is 306 g/mol. The van der Waals surface area contributed by atoms with Gasteiger partial charge in [0, 0.05) is 0 Å². The fourth-order valence-corrected chi connectivity index (χ4v) is 1.66. The van der Waals surface area contributed by atoms with Crippen LogP contribution in [0.15, 0.2) is 24.3 Å². The van der Waals surface area contributed by atoms with Crippen LogP contribution < -0.4 is 9.47 Å². The number of methoxy groups -OCH3 is 1. The van der Waals surface area contributed by atoms with Crippen molar-refractivity contribution in [1.29, 1.82) is 0 Å². The topological polar surface area (TPSA) is 18.5 Å². The van der Waals surface area contributed by atoms with Crippen LogP contribution in [0.25, 0.3) is 0 Å². The quantitative estimate of drug-likeness (QED) is 0.456. The highest BCUT2D eigenvalue weighted by atomic mass is 127. The Morgan fingerprint density at radius 2 is 1.86 bits per heavy atom. The summed E-state index contributed by atoms with van der Waals surface area (Å²) >= 11 is 2.38. The van der Waals surface area contributed by atoms with E-state index in [1.54, 1.807) is 7.11 Å². The molecule has 1 aromatic carbocycles. The molecule has 0 spiro atoms. The van der Waals surface area contributed by atoms with Gasteiger partial charge in [0.1, 0.15) is 0 Å². The van der Waals surface area contributed by atoms with Gasteiger partial charge < -0.3 is 9.47 Å². The second kappa shape index (κ2) is 6.92. The first kappa shape index (κ1) is 11.6. The van der Waals surface area contributed by atoms with Crippen molar-refractivity contribution < 1.29 is 9.47 Å². The number of hydrogen-bond acceptors (Lipinski definition) is 2. The number of alkyl halides is 1. The van der Waals surface area contributed by atoms with Crippen LogP contribution in [0.2, 0.25) is 0 Å². The lowest BCUT2D eigenvalue weighted by Gasteiger charge is -2.09. The van der Waals surface area contributed by atoms with Gasteiger partial charge >= 0.3 is 0 Å². The first-order chi connectivity index (χ1) is 6.88. The molecule has 0 aliphatic carbocycles. The molecule has 0 saturated heterocycles. The summed E-state index contributed by atoms with van der Waals surface area (Å²) in [4.78, 5) is 0. The van der Waals surface area contributed by atoms with Gasteiger partial charge in [-0.2, -0.15) is 0 Å². The van der Waals surface area contributed by atoms with Crippen LogP contribution in [0.1, 0.15) is 12.8 Å². The number of rotatable bonds is 6. The summed E-state index contributed by atoms with van der Waals surface area (Å²) in [6.07, 6.45) is 2.30. The Bertz CT molecular complexity index is 263. The standard InChI is InChI=1S/C11H15IO2/c1-13-10-6-2-3-7-11(10)14-9-5-4-8-12/h2-3,6-7H,4-5,8-9H2,1H3. The molecule has 0 heterocycles. The molecule has 14 heavy (non-hydrogen) atoms. The Morgan fingerprint density at radius 3 is 2.50 bits per heavy atom. The summed E-state index contributed by atoms with van der Waals surface area (Å²) in [6.45, 7) is 0.767. The van der Waals surface area contributed by atoms with Crippen molar-refractivity contribution in [1.82, 2.24) is 0 Å². The van der Waals surface area contributed by atoms with Gasteiger partial charge in [-0.25, -0.2) is 0 Å². The van der Waals surface area contributed by atoms with E-state index in [0.29, 0.717) is 0 Å². The molecule has 3 heteroatoms. The summed E-state index contributed by atoms with van der Waals surface area (Å²) in [5.74, 6) is 1.64. The highest BCUT2D eigenvalue weighted by Gasteiger charge is 2.00. The van der Waals surface area contributed by atoms with E-state index in [1.165, 1.54) is 10.8 Å².